The number of hydrogen-bond donors (Lipinski definition) is 3. The normalized spacial score (nSPS) is 16.9. The van der Waals surface area contributed by atoms with E-state index in [0.29, 0.717) is 24.1 Å². The summed E-state index contributed by atoms with van der Waals surface area (Å²) in [4.78, 5) is 36.7. The summed E-state index contributed by atoms with van der Waals surface area (Å²) >= 11 is 0. The summed E-state index contributed by atoms with van der Waals surface area (Å²) < 4.78 is 0. The van der Waals surface area contributed by atoms with Gasteiger partial charge in [0.15, 0.2) is 0 Å². The second-order valence-corrected chi connectivity index (χ2v) is 8.51. The second-order valence-electron chi connectivity index (χ2n) is 8.51. The van der Waals surface area contributed by atoms with Crippen LogP contribution >= 0.6 is 0 Å². The Morgan fingerprint density at radius 2 is 1.70 bits per heavy atom. The Balaban J connectivity index is 2.07. The minimum atomic E-state index is -0.984. The van der Waals surface area contributed by atoms with Gasteiger partial charge in [-0.1, -0.05) is 31.7 Å². The number of carboxylic acids is 1. The number of nitrogens with one attached hydrogen (secondary N) is 2. The van der Waals surface area contributed by atoms with Crippen LogP contribution in [-0.4, -0.2) is 28.4 Å². The van der Waals surface area contributed by atoms with Gasteiger partial charge in [-0.2, -0.15) is 0 Å². The SMILES string of the molecule is CC(C)(C)NC(=O)c1cccc(NC(=O)CC2(C(=O)O)CCCCCC2)c1. The quantitative estimate of drug-likeness (QED) is 0.680. The molecule has 1 aromatic carbocycles. The number of aliphatic carboxylic acids is 1. The van der Waals surface area contributed by atoms with Crippen molar-refractivity contribution in [2.75, 3.05) is 5.32 Å². The van der Waals surface area contributed by atoms with Crippen LogP contribution in [0.2, 0.25) is 0 Å². The maximum atomic E-state index is 12.5. The highest BCUT2D eigenvalue weighted by atomic mass is 16.4. The van der Waals surface area contributed by atoms with Crippen molar-refractivity contribution >= 4 is 23.5 Å². The molecular weight excluding hydrogens is 344 g/mol. The lowest BCUT2D eigenvalue weighted by Gasteiger charge is -2.27. The molecular formula is C21H30N2O4. The summed E-state index contributed by atoms with van der Waals surface area (Å²) in [5, 5.41) is 15.4. The van der Waals surface area contributed by atoms with Crippen molar-refractivity contribution in [3.05, 3.63) is 29.8 Å². The van der Waals surface area contributed by atoms with E-state index >= 15 is 0 Å². The Bertz CT molecular complexity index is 698. The van der Waals surface area contributed by atoms with Gasteiger partial charge in [0.1, 0.15) is 0 Å². The zero-order valence-corrected chi connectivity index (χ0v) is 16.4. The molecule has 0 unspecified atom stereocenters. The lowest BCUT2D eigenvalue weighted by atomic mass is 9.77. The maximum absolute atomic E-state index is 12.5. The molecule has 1 aliphatic carbocycles. The number of benzene rings is 1. The Kier molecular flexibility index (Phi) is 6.63. The van der Waals surface area contributed by atoms with E-state index in [1.165, 1.54) is 0 Å². The Morgan fingerprint density at radius 1 is 1.07 bits per heavy atom. The lowest BCUT2D eigenvalue weighted by molar-refractivity contribution is -0.152. The maximum Gasteiger partial charge on any atom is 0.310 e. The van der Waals surface area contributed by atoms with E-state index in [9.17, 15) is 19.5 Å². The monoisotopic (exact) mass is 374 g/mol. The molecule has 1 saturated carbocycles. The molecule has 1 aromatic rings. The van der Waals surface area contributed by atoms with Gasteiger partial charge in [-0.3, -0.25) is 14.4 Å². The van der Waals surface area contributed by atoms with Gasteiger partial charge >= 0.3 is 5.97 Å². The lowest BCUT2D eigenvalue weighted by Crippen LogP contribution is -2.40. The van der Waals surface area contributed by atoms with Crippen molar-refractivity contribution in [1.29, 1.82) is 0 Å². The van der Waals surface area contributed by atoms with E-state index in [0.717, 1.165) is 25.7 Å². The summed E-state index contributed by atoms with van der Waals surface area (Å²) in [6.45, 7) is 5.69. The van der Waals surface area contributed by atoms with E-state index in [1.54, 1.807) is 24.3 Å². The summed E-state index contributed by atoms with van der Waals surface area (Å²) in [5.74, 6) is -1.44. The van der Waals surface area contributed by atoms with Crippen molar-refractivity contribution in [3.8, 4) is 0 Å². The van der Waals surface area contributed by atoms with E-state index < -0.39 is 11.4 Å². The fourth-order valence-electron chi connectivity index (χ4n) is 3.54. The Morgan fingerprint density at radius 3 is 2.26 bits per heavy atom. The average Bonchev–Trinajstić information content (AvgIpc) is 2.80. The van der Waals surface area contributed by atoms with Gasteiger partial charge in [-0.15, -0.1) is 0 Å². The Hall–Kier alpha value is -2.37. The molecule has 0 aromatic heterocycles. The largest absolute Gasteiger partial charge is 0.481 e. The average molecular weight is 374 g/mol. The van der Waals surface area contributed by atoms with Gasteiger partial charge in [0.2, 0.25) is 5.91 Å². The van der Waals surface area contributed by atoms with Gasteiger partial charge < -0.3 is 15.7 Å². The van der Waals surface area contributed by atoms with Crippen molar-refractivity contribution in [1.82, 2.24) is 5.32 Å². The molecule has 0 radical (unpaired) electrons. The molecule has 148 valence electrons. The van der Waals surface area contributed by atoms with Crippen LogP contribution in [-0.2, 0) is 9.59 Å². The van der Waals surface area contributed by atoms with Crippen molar-refractivity contribution in [3.63, 3.8) is 0 Å². The zero-order chi connectivity index (χ0) is 20.1. The van der Waals surface area contributed by atoms with Crippen molar-refractivity contribution in [2.45, 2.75) is 71.3 Å². The highest BCUT2D eigenvalue weighted by Crippen LogP contribution is 2.38. The van der Waals surface area contributed by atoms with Crippen LogP contribution in [0.15, 0.2) is 24.3 Å². The van der Waals surface area contributed by atoms with Crippen LogP contribution in [0.5, 0.6) is 0 Å². The molecule has 6 nitrogen and oxygen atoms in total. The third kappa shape index (κ3) is 6.08. The van der Waals surface area contributed by atoms with Gasteiger partial charge in [0.05, 0.1) is 5.41 Å². The van der Waals surface area contributed by atoms with Crippen LogP contribution in [0, 0.1) is 5.41 Å². The molecule has 1 fully saturated rings. The number of amides is 2. The number of carbonyl (C=O) groups excluding carboxylic acids is 2. The van der Waals surface area contributed by atoms with E-state index in [4.69, 9.17) is 0 Å². The third-order valence-corrected chi connectivity index (χ3v) is 4.91. The summed E-state index contributed by atoms with van der Waals surface area (Å²) in [7, 11) is 0. The molecule has 1 aliphatic rings. The number of rotatable bonds is 5. The molecule has 0 bridgehead atoms. The van der Waals surface area contributed by atoms with Crippen LogP contribution in [0.1, 0.15) is 76.1 Å². The predicted octanol–water partition coefficient (Wildman–Crippen LogP) is 3.97. The first-order valence-electron chi connectivity index (χ1n) is 9.57. The molecule has 2 rings (SSSR count). The predicted molar refractivity (Wildman–Crippen MR) is 105 cm³/mol. The van der Waals surface area contributed by atoms with Crippen LogP contribution in [0.4, 0.5) is 5.69 Å². The highest BCUT2D eigenvalue weighted by molar-refractivity contribution is 5.98. The number of carboxylic acid groups (broad SMARTS) is 1. The van der Waals surface area contributed by atoms with Crippen molar-refractivity contribution < 1.29 is 19.5 Å². The molecule has 3 N–H and O–H groups in total. The van der Waals surface area contributed by atoms with Crippen LogP contribution < -0.4 is 10.6 Å². The molecule has 0 spiro atoms. The summed E-state index contributed by atoms with van der Waals surface area (Å²) in [5.41, 5.74) is -0.397. The standard InChI is InChI=1S/C21H30N2O4/c1-20(2,3)23-18(25)15-9-8-10-16(13-15)22-17(24)14-21(19(26)27)11-6-4-5-7-12-21/h8-10,13H,4-7,11-12,14H2,1-3H3,(H,22,24)(H,23,25)(H,26,27). The van der Waals surface area contributed by atoms with Crippen LogP contribution in [0.25, 0.3) is 0 Å². The van der Waals surface area contributed by atoms with Crippen LogP contribution in [0.3, 0.4) is 0 Å². The summed E-state index contributed by atoms with van der Waals surface area (Å²) in [6, 6.07) is 6.69. The minimum Gasteiger partial charge on any atom is -0.481 e. The van der Waals surface area contributed by atoms with Gasteiger partial charge in [0, 0.05) is 23.2 Å². The number of anilines is 1. The third-order valence-electron chi connectivity index (χ3n) is 4.91. The molecule has 0 atom stereocenters. The Labute approximate surface area is 160 Å². The smallest absolute Gasteiger partial charge is 0.310 e. The zero-order valence-electron chi connectivity index (χ0n) is 16.4. The molecule has 27 heavy (non-hydrogen) atoms. The number of carbonyl (C=O) groups is 3. The van der Waals surface area contributed by atoms with Gasteiger partial charge in [-0.05, 0) is 51.8 Å². The van der Waals surface area contributed by atoms with E-state index in [1.807, 2.05) is 20.8 Å². The fraction of sp³-hybridized carbons (Fsp3) is 0.571. The molecule has 2 amide bonds. The van der Waals surface area contributed by atoms with E-state index in [-0.39, 0.29) is 23.8 Å². The molecule has 0 heterocycles. The highest BCUT2D eigenvalue weighted by Gasteiger charge is 2.40. The fourth-order valence-corrected chi connectivity index (χ4v) is 3.54. The van der Waals surface area contributed by atoms with Gasteiger partial charge in [0.25, 0.3) is 5.91 Å². The second kappa shape index (κ2) is 8.55. The molecule has 0 saturated heterocycles. The number of hydrogen-bond acceptors (Lipinski definition) is 3. The molecule has 6 heteroatoms. The first-order chi connectivity index (χ1) is 12.6. The first kappa shape index (κ1) is 20.9. The van der Waals surface area contributed by atoms with E-state index in [2.05, 4.69) is 10.6 Å². The summed E-state index contributed by atoms with van der Waals surface area (Å²) in [6.07, 6.45) is 4.72. The minimum absolute atomic E-state index is 0.0409. The molecule has 0 aliphatic heterocycles. The van der Waals surface area contributed by atoms with Crippen molar-refractivity contribution in [2.24, 2.45) is 5.41 Å². The first-order valence-corrected chi connectivity index (χ1v) is 9.57. The topological polar surface area (TPSA) is 95.5 Å². The van der Waals surface area contributed by atoms with Gasteiger partial charge in [-0.25, -0.2) is 0 Å².